The van der Waals surface area contributed by atoms with Crippen molar-refractivity contribution >= 4 is 17.9 Å². The fraction of sp³-hybridized carbons (Fsp3) is 0.385. The van der Waals surface area contributed by atoms with Crippen molar-refractivity contribution < 1.29 is 28.9 Å². The number of benzene rings is 1. The van der Waals surface area contributed by atoms with E-state index in [2.05, 4.69) is 10.6 Å². The lowest BCUT2D eigenvalue weighted by atomic mass is 10.2. The molecule has 1 heterocycles. The van der Waals surface area contributed by atoms with Crippen LogP contribution in [0.3, 0.4) is 0 Å². The average Bonchev–Trinajstić information content (AvgIpc) is 2.83. The highest BCUT2D eigenvalue weighted by molar-refractivity contribution is 5.65. The lowest BCUT2D eigenvalue weighted by molar-refractivity contribution is 0.115. The Morgan fingerprint density at radius 2 is 1.86 bits per heavy atom. The molecule has 114 valence electrons. The molecule has 0 radical (unpaired) electrons. The lowest BCUT2D eigenvalue weighted by Crippen LogP contribution is -2.39. The highest BCUT2D eigenvalue weighted by Crippen LogP contribution is 2.18. The number of carbonyl (C=O) groups is 2. The van der Waals surface area contributed by atoms with Crippen LogP contribution in [0, 0.1) is 0 Å². The van der Waals surface area contributed by atoms with Gasteiger partial charge < -0.3 is 30.0 Å². The number of hydrogen-bond donors (Lipinski definition) is 3. The standard InChI is InChI=1S/C13H16N2O6/c1-19-9-4-2-8(3-5-9)14-6-10-11(7-15-12(16)17)21-13(18)20-10/h2-5,10-11,14-15H,6-7H2,1H3,(H,16,17)/t10-,11-/m1/s1. The van der Waals surface area contributed by atoms with Crippen molar-refractivity contribution in [1.82, 2.24) is 5.32 Å². The summed E-state index contributed by atoms with van der Waals surface area (Å²) in [5, 5.41) is 13.8. The summed E-state index contributed by atoms with van der Waals surface area (Å²) in [5.41, 5.74) is 0.823. The van der Waals surface area contributed by atoms with Gasteiger partial charge in [-0.25, -0.2) is 9.59 Å². The Kier molecular flexibility index (Phi) is 4.70. The van der Waals surface area contributed by atoms with Crippen LogP contribution in [-0.2, 0) is 9.47 Å². The monoisotopic (exact) mass is 296 g/mol. The average molecular weight is 296 g/mol. The zero-order valence-corrected chi connectivity index (χ0v) is 11.4. The normalized spacial score (nSPS) is 20.3. The van der Waals surface area contributed by atoms with Gasteiger partial charge in [-0.3, -0.25) is 0 Å². The molecule has 1 fully saturated rings. The minimum Gasteiger partial charge on any atom is -0.497 e. The molecule has 1 aromatic carbocycles. The molecule has 8 nitrogen and oxygen atoms in total. The van der Waals surface area contributed by atoms with E-state index in [0.29, 0.717) is 6.54 Å². The minimum atomic E-state index is -1.18. The molecular weight excluding hydrogens is 280 g/mol. The number of nitrogens with one attached hydrogen (secondary N) is 2. The number of cyclic esters (lactones) is 2. The van der Waals surface area contributed by atoms with Crippen molar-refractivity contribution in [3.05, 3.63) is 24.3 Å². The molecule has 0 spiro atoms. The number of ether oxygens (including phenoxy) is 3. The van der Waals surface area contributed by atoms with Gasteiger partial charge in [-0.05, 0) is 24.3 Å². The summed E-state index contributed by atoms with van der Waals surface area (Å²) in [6.45, 7) is 0.292. The Hall–Kier alpha value is -2.64. The van der Waals surface area contributed by atoms with Gasteiger partial charge in [0.15, 0.2) is 12.2 Å². The Labute approximate surface area is 121 Å². The number of methoxy groups -OCH3 is 1. The third-order valence-corrected chi connectivity index (χ3v) is 2.96. The van der Waals surface area contributed by atoms with E-state index in [1.54, 1.807) is 19.2 Å². The van der Waals surface area contributed by atoms with E-state index in [4.69, 9.17) is 19.3 Å². The maximum absolute atomic E-state index is 11.1. The molecule has 1 saturated heterocycles. The van der Waals surface area contributed by atoms with Gasteiger partial charge in [0.2, 0.25) is 0 Å². The van der Waals surface area contributed by atoms with Gasteiger partial charge in [-0.2, -0.15) is 0 Å². The number of rotatable bonds is 6. The van der Waals surface area contributed by atoms with Gasteiger partial charge in [0, 0.05) is 5.69 Å². The second kappa shape index (κ2) is 6.69. The summed E-state index contributed by atoms with van der Waals surface area (Å²) in [6, 6.07) is 7.23. The molecule has 1 aliphatic heterocycles. The topological polar surface area (TPSA) is 106 Å². The van der Waals surface area contributed by atoms with Crippen LogP contribution in [0.25, 0.3) is 0 Å². The molecule has 0 saturated carbocycles. The first-order chi connectivity index (χ1) is 10.1. The van der Waals surface area contributed by atoms with Gasteiger partial charge in [0.1, 0.15) is 5.75 Å². The van der Waals surface area contributed by atoms with Crippen molar-refractivity contribution in [1.29, 1.82) is 0 Å². The fourth-order valence-corrected chi connectivity index (χ4v) is 1.89. The van der Waals surface area contributed by atoms with Crippen molar-refractivity contribution in [3.63, 3.8) is 0 Å². The summed E-state index contributed by atoms with van der Waals surface area (Å²) in [7, 11) is 1.58. The SMILES string of the molecule is COc1ccc(NC[C@H]2OC(=O)O[C@@H]2CNC(=O)O)cc1. The van der Waals surface area contributed by atoms with E-state index >= 15 is 0 Å². The second-order valence-electron chi connectivity index (χ2n) is 4.36. The first-order valence-corrected chi connectivity index (χ1v) is 6.30. The van der Waals surface area contributed by atoms with Crippen molar-refractivity contribution in [2.24, 2.45) is 0 Å². The smallest absolute Gasteiger partial charge is 0.497 e. The first kappa shape index (κ1) is 14.8. The Morgan fingerprint density at radius 3 is 2.43 bits per heavy atom. The quantitative estimate of drug-likeness (QED) is 0.679. The van der Waals surface area contributed by atoms with E-state index in [1.165, 1.54) is 0 Å². The Balaban J connectivity index is 1.87. The molecule has 1 amide bonds. The van der Waals surface area contributed by atoms with Crippen molar-refractivity contribution in [2.45, 2.75) is 12.2 Å². The third-order valence-electron chi connectivity index (χ3n) is 2.96. The number of carbonyl (C=O) groups excluding carboxylic acids is 1. The van der Waals surface area contributed by atoms with Crippen LogP contribution in [0.1, 0.15) is 0 Å². The number of anilines is 1. The highest BCUT2D eigenvalue weighted by Gasteiger charge is 2.36. The zero-order chi connectivity index (χ0) is 15.2. The van der Waals surface area contributed by atoms with Crippen LogP contribution in [0.15, 0.2) is 24.3 Å². The number of hydrogen-bond acceptors (Lipinski definition) is 6. The van der Waals surface area contributed by atoms with Crippen LogP contribution in [0.2, 0.25) is 0 Å². The number of carboxylic acid groups (broad SMARTS) is 1. The maximum atomic E-state index is 11.1. The van der Waals surface area contributed by atoms with Crippen molar-refractivity contribution in [2.75, 3.05) is 25.5 Å². The zero-order valence-electron chi connectivity index (χ0n) is 11.4. The summed E-state index contributed by atoms with van der Waals surface area (Å²) in [5.74, 6) is 0.736. The molecular formula is C13H16N2O6. The molecule has 1 aliphatic rings. The molecule has 0 bridgehead atoms. The summed E-state index contributed by atoms with van der Waals surface area (Å²) >= 11 is 0. The second-order valence-corrected chi connectivity index (χ2v) is 4.36. The Bertz CT molecular complexity index is 504. The van der Waals surface area contributed by atoms with Crippen LogP contribution in [0.4, 0.5) is 15.3 Å². The summed E-state index contributed by atoms with van der Waals surface area (Å²) in [4.78, 5) is 21.6. The largest absolute Gasteiger partial charge is 0.509 e. The molecule has 0 aromatic heterocycles. The highest BCUT2D eigenvalue weighted by atomic mass is 16.8. The minimum absolute atomic E-state index is 0.0178. The molecule has 21 heavy (non-hydrogen) atoms. The predicted molar refractivity (Wildman–Crippen MR) is 72.7 cm³/mol. The number of amides is 1. The molecule has 3 N–H and O–H groups in total. The molecule has 8 heteroatoms. The molecule has 0 unspecified atom stereocenters. The van der Waals surface area contributed by atoms with Gasteiger partial charge in [0.05, 0.1) is 20.2 Å². The van der Waals surface area contributed by atoms with E-state index < -0.39 is 24.5 Å². The van der Waals surface area contributed by atoms with Gasteiger partial charge in [-0.15, -0.1) is 0 Å². The van der Waals surface area contributed by atoms with Crippen molar-refractivity contribution in [3.8, 4) is 5.75 Å². The van der Waals surface area contributed by atoms with Crippen LogP contribution >= 0.6 is 0 Å². The van der Waals surface area contributed by atoms with E-state index in [0.717, 1.165) is 11.4 Å². The van der Waals surface area contributed by atoms with E-state index in [-0.39, 0.29) is 6.54 Å². The molecule has 0 aliphatic carbocycles. The van der Waals surface area contributed by atoms with Gasteiger partial charge in [-0.1, -0.05) is 0 Å². The molecule has 2 atom stereocenters. The molecule has 2 rings (SSSR count). The van der Waals surface area contributed by atoms with Gasteiger partial charge >= 0.3 is 12.2 Å². The first-order valence-electron chi connectivity index (χ1n) is 6.30. The van der Waals surface area contributed by atoms with Gasteiger partial charge in [0.25, 0.3) is 0 Å². The van der Waals surface area contributed by atoms with Crippen LogP contribution < -0.4 is 15.4 Å². The van der Waals surface area contributed by atoms with Crippen LogP contribution in [0.5, 0.6) is 5.75 Å². The Morgan fingerprint density at radius 1 is 1.24 bits per heavy atom. The lowest BCUT2D eigenvalue weighted by Gasteiger charge is -2.16. The molecule has 1 aromatic rings. The van der Waals surface area contributed by atoms with Crippen LogP contribution in [-0.4, -0.2) is 49.8 Å². The summed E-state index contributed by atoms with van der Waals surface area (Å²) in [6.07, 6.45) is -3.20. The maximum Gasteiger partial charge on any atom is 0.509 e. The third kappa shape index (κ3) is 4.16. The summed E-state index contributed by atoms with van der Waals surface area (Å²) < 4.78 is 14.9. The van der Waals surface area contributed by atoms with E-state index in [9.17, 15) is 9.59 Å². The fourth-order valence-electron chi connectivity index (χ4n) is 1.89. The predicted octanol–water partition coefficient (Wildman–Crippen LogP) is 1.28. The van der Waals surface area contributed by atoms with E-state index in [1.807, 2.05) is 12.1 Å².